The third kappa shape index (κ3) is 2.69. The molecule has 0 amide bonds. The van der Waals surface area contributed by atoms with E-state index in [9.17, 15) is 0 Å². The summed E-state index contributed by atoms with van der Waals surface area (Å²) >= 11 is 0. The van der Waals surface area contributed by atoms with Crippen LogP contribution >= 0.6 is 0 Å². The van der Waals surface area contributed by atoms with Crippen LogP contribution in [0.3, 0.4) is 0 Å². The number of nitrogen functional groups attached to an aromatic ring is 1. The molecule has 1 aromatic heterocycles. The van der Waals surface area contributed by atoms with E-state index in [0.29, 0.717) is 17.2 Å². The highest BCUT2D eigenvalue weighted by Crippen LogP contribution is 2.41. The Balaban J connectivity index is 1.76. The second-order valence-corrected chi connectivity index (χ2v) is 6.52. The van der Waals surface area contributed by atoms with E-state index in [2.05, 4.69) is 24.0 Å². The van der Waals surface area contributed by atoms with E-state index in [1.54, 1.807) is 0 Å². The molecule has 4 heteroatoms. The number of rotatable bonds is 2. The van der Waals surface area contributed by atoms with Gasteiger partial charge in [-0.05, 0) is 55.4 Å². The highest BCUT2D eigenvalue weighted by molar-refractivity contribution is 5.56. The lowest BCUT2D eigenvalue weighted by Crippen LogP contribution is -2.20. The van der Waals surface area contributed by atoms with Crippen molar-refractivity contribution >= 4 is 5.69 Å². The van der Waals surface area contributed by atoms with Gasteiger partial charge in [0.25, 0.3) is 5.89 Å². The Hall–Kier alpha value is -1.84. The monoisotopic (exact) mass is 271 g/mol. The van der Waals surface area contributed by atoms with Crippen molar-refractivity contribution < 1.29 is 4.52 Å². The molecule has 4 nitrogen and oxygen atoms in total. The summed E-state index contributed by atoms with van der Waals surface area (Å²) in [6.45, 7) is 4.67. The maximum atomic E-state index is 5.69. The van der Waals surface area contributed by atoms with Gasteiger partial charge in [-0.3, -0.25) is 0 Å². The highest BCUT2D eigenvalue weighted by atomic mass is 16.5. The minimum Gasteiger partial charge on any atom is -0.399 e. The van der Waals surface area contributed by atoms with E-state index >= 15 is 0 Å². The first-order valence-electron chi connectivity index (χ1n) is 7.23. The minimum atomic E-state index is 0.439. The van der Waals surface area contributed by atoms with E-state index in [4.69, 9.17) is 10.3 Å². The normalized spacial score (nSPS) is 19.1. The minimum absolute atomic E-state index is 0.439. The van der Waals surface area contributed by atoms with Crippen LogP contribution in [-0.4, -0.2) is 10.1 Å². The van der Waals surface area contributed by atoms with Gasteiger partial charge < -0.3 is 10.3 Å². The Bertz CT molecular complexity index is 576. The quantitative estimate of drug-likeness (QED) is 0.838. The Morgan fingerprint density at radius 3 is 2.45 bits per heavy atom. The molecule has 1 fully saturated rings. The lowest BCUT2D eigenvalue weighted by atomic mass is 9.73. The third-order valence-electron chi connectivity index (χ3n) is 4.30. The zero-order valence-corrected chi connectivity index (χ0v) is 12.1. The molecule has 1 aromatic carbocycles. The Morgan fingerprint density at radius 2 is 1.80 bits per heavy atom. The molecule has 106 valence electrons. The molecule has 0 saturated heterocycles. The van der Waals surface area contributed by atoms with Crippen LogP contribution in [0.5, 0.6) is 0 Å². The van der Waals surface area contributed by atoms with Gasteiger partial charge in [0, 0.05) is 17.2 Å². The number of hydrogen-bond donors (Lipinski definition) is 1. The third-order valence-corrected chi connectivity index (χ3v) is 4.30. The van der Waals surface area contributed by atoms with Gasteiger partial charge in [0.05, 0.1) is 0 Å². The molecule has 0 aliphatic heterocycles. The Morgan fingerprint density at radius 1 is 1.15 bits per heavy atom. The summed E-state index contributed by atoms with van der Waals surface area (Å²) < 4.78 is 5.39. The summed E-state index contributed by atoms with van der Waals surface area (Å²) in [7, 11) is 0. The summed E-state index contributed by atoms with van der Waals surface area (Å²) in [5.74, 6) is 1.88. The van der Waals surface area contributed by atoms with E-state index in [1.165, 1.54) is 12.8 Å². The summed E-state index contributed by atoms with van der Waals surface area (Å²) in [4.78, 5) is 4.56. The average molecular weight is 271 g/mol. The highest BCUT2D eigenvalue weighted by Gasteiger charge is 2.30. The van der Waals surface area contributed by atoms with Gasteiger partial charge in [-0.2, -0.15) is 4.98 Å². The first kappa shape index (κ1) is 13.2. The second-order valence-electron chi connectivity index (χ2n) is 6.52. The standard InChI is InChI=1S/C16H21N3O/c1-16(2)9-7-11(8-10-16)14-18-15(20-19-14)12-3-5-13(17)6-4-12/h3-6,11H,7-10,17H2,1-2H3. The van der Waals surface area contributed by atoms with Crippen LogP contribution in [0.4, 0.5) is 5.69 Å². The van der Waals surface area contributed by atoms with Gasteiger partial charge in [0.1, 0.15) is 0 Å². The Kier molecular flexibility index (Phi) is 3.24. The molecule has 0 spiro atoms. The fourth-order valence-corrected chi connectivity index (χ4v) is 2.80. The smallest absolute Gasteiger partial charge is 0.257 e. The molecule has 2 N–H and O–H groups in total. The van der Waals surface area contributed by atoms with Gasteiger partial charge in [0.2, 0.25) is 0 Å². The fourth-order valence-electron chi connectivity index (χ4n) is 2.80. The molecular weight excluding hydrogens is 250 g/mol. The van der Waals surface area contributed by atoms with Crippen molar-refractivity contribution in [2.75, 3.05) is 5.73 Å². The number of hydrogen-bond acceptors (Lipinski definition) is 4. The number of nitrogens with zero attached hydrogens (tertiary/aromatic N) is 2. The maximum Gasteiger partial charge on any atom is 0.257 e. The van der Waals surface area contributed by atoms with Crippen molar-refractivity contribution in [3.8, 4) is 11.5 Å². The zero-order valence-electron chi connectivity index (χ0n) is 12.1. The molecule has 1 aliphatic carbocycles. The molecular formula is C16H21N3O. The van der Waals surface area contributed by atoms with Crippen LogP contribution in [0, 0.1) is 5.41 Å². The molecule has 3 rings (SSSR count). The Labute approximate surface area is 119 Å². The van der Waals surface area contributed by atoms with Crippen molar-refractivity contribution in [2.24, 2.45) is 5.41 Å². The van der Waals surface area contributed by atoms with Gasteiger partial charge >= 0.3 is 0 Å². The molecule has 0 bridgehead atoms. The van der Waals surface area contributed by atoms with Crippen molar-refractivity contribution in [3.05, 3.63) is 30.1 Å². The van der Waals surface area contributed by atoms with Crippen LogP contribution in [0.25, 0.3) is 11.5 Å². The summed E-state index contributed by atoms with van der Waals surface area (Å²) in [5, 5.41) is 4.17. The first-order chi connectivity index (χ1) is 9.53. The van der Waals surface area contributed by atoms with Crippen molar-refractivity contribution in [2.45, 2.75) is 45.4 Å². The summed E-state index contributed by atoms with van der Waals surface area (Å²) in [6.07, 6.45) is 4.74. The predicted octanol–water partition coefficient (Wildman–Crippen LogP) is 4.00. The molecule has 20 heavy (non-hydrogen) atoms. The van der Waals surface area contributed by atoms with E-state index in [1.807, 2.05) is 24.3 Å². The van der Waals surface area contributed by atoms with Crippen molar-refractivity contribution in [3.63, 3.8) is 0 Å². The first-order valence-corrected chi connectivity index (χ1v) is 7.23. The number of aromatic nitrogens is 2. The molecule has 0 atom stereocenters. The molecule has 0 radical (unpaired) electrons. The van der Waals surface area contributed by atoms with E-state index in [0.717, 1.165) is 29.9 Å². The predicted molar refractivity (Wildman–Crippen MR) is 79.1 cm³/mol. The van der Waals surface area contributed by atoms with Crippen LogP contribution in [0.15, 0.2) is 28.8 Å². The largest absolute Gasteiger partial charge is 0.399 e. The summed E-state index contributed by atoms with van der Waals surface area (Å²) in [6, 6.07) is 7.53. The topological polar surface area (TPSA) is 64.9 Å². The fraction of sp³-hybridized carbons (Fsp3) is 0.500. The maximum absolute atomic E-state index is 5.69. The van der Waals surface area contributed by atoms with Crippen LogP contribution in [0.2, 0.25) is 0 Å². The lowest BCUT2D eigenvalue weighted by Gasteiger charge is -2.32. The van der Waals surface area contributed by atoms with Crippen LogP contribution in [0.1, 0.15) is 51.3 Å². The SMILES string of the molecule is CC1(C)CCC(c2noc(-c3ccc(N)cc3)n2)CC1. The summed E-state index contributed by atoms with van der Waals surface area (Å²) in [5.41, 5.74) is 7.81. The molecule has 0 unspecified atom stereocenters. The molecule has 1 aliphatic rings. The van der Waals surface area contributed by atoms with Gasteiger partial charge in [-0.25, -0.2) is 0 Å². The lowest BCUT2D eigenvalue weighted by molar-refractivity contribution is 0.218. The second kappa shape index (κ2) is 4.93. The zero-order chi connectivity index (χ0) is 14.2. The number of nitrogens with two attached hydrogens (primary N) is 1. The van der Waals surface area contributed by atoms with E-state index in [-0.39, 0.29) is 0 Å². The van der Waals surface area contributed by atoms with Crippen LogP contribution < -0.4 is 5.73 Å². The van der Waals surface area contributed by atoms with Crippen LogP contribution in [-0.2, 0) is 0 Å². The molecule has 1 saturated carbocycles. The average Bonchev–Trinajstić information content (AvgIpc) is 2.89. The van der Waals surface area contributed by atoms with E-state index < -0.39 is 0 Å². The number of benzene rings is 1. The van der Waals surface area contributed by atoms with Gasteiger partial charge in [-0.15, -0.1) is 0 Å². The molecule has 1 heterocycles. The van der Waals surface area contributed by atoms with Crippen molar-refractivity contribution in [1.82, 2.24) is 10.1 Å². The van der Waals surface area contributed by atoms with Gasteiger partial charge in [-0.1, -0.05) is 19.0 Å². The van der Waals surface area contributed by atoms with Gasteiger partial charge in [0.15, 0.2) is 5.82 Å². The number of anilines is 1. The van der Waals surface area contributed by atoms with Crippen molar-refractivity contribution in [1.29, 1.82) is 0 Å². The molecule has 2 aromatic rings.